The first-order valence-corrected chi connectivity index (χ1v) is 13.9. The average Bonchev–Trinajstić information content (AvgIpc) is 3.75. The van der Waals surface area contributed by atoms with Gasteiger partial charge in [0.2, 0.25) is 11.8 Å². The maximum Gasteiger partial charge on any atom is 0.303 e. The van der Waals surface area contributed by atoms with Gasteiger partial charge in [0.15, 0.2) is 0 Å². The van der Waals surface area contributed by atoms with E-state index >= 15 is 0 Å². The first kappa shape index (κ1) is 27.6. The summed E-state index contributed by atoms with van der Waals surface area (Å²) in [6.45, 7) is 5.93. The Morgan fingerprint density at radius 3 is 2.38 bits per heavy atom. The SMILES string of the molecule is CC(c1ccc(COc2cccc3c2CN(C(CCC(=O)O)C(N)=O)C3=O)cc1)N1CCN(C(=O)C2CC2)CC1. The number of nitrogens with zero attached hydrogens (tertiary/aromatic N) is 3. The van der Waals surface area contributed by atoms with Gasteiger partial charge in [-0.3, -0.25) is 24.1 Å². The molecule has 2 aliphatic heterocycles. The summed E-state index contributed by atoms with van der Waals surface area (Å²) in [5, 5.41) is 9.02. The molecule has 2 aromatic carbocycles. The van der Waals surface area contributed by atoms with Gasteiger partial charge < -0.3 is 25.4 Å². The van der Waals surface area contributed by atoms with Crippen LogP contribution in [0.15, 0.2) is 42.5 Å². The molecule has 0 bridgehead atoms. The molecule has 0 radical (unpaired) electrons. The van der Waals surface area contributed by atoms with Gasteiger partial charge >= 0.3 is 5.97 Å². The monoisotopic (exact) mass is 548 g/mol. The normalized spacial score (nSPS) is 18.8. The molecule has 0 aromatic heterocycles. The van der Waals surface area contributed by atoms with E-state index in [1.165, 1.54) is 10.5 Å². The zero-order chi connectivity index (χ0) is 28.4. The number of fused-ring (bicyclic) bond motifs is 1. The Morgan fingerprint density at radius 1 is 1.05 bits per heavy atom. The minimum atomic E-state index is -1.05. The van der Waals surface area contributed by atoms with Crippen LogP contribution in [0.4, 0.5) is 0 Å². The Labute approximate surface area is 233 Å². The highest BCUT2D eigenvalue weighted by atomic mass is 16.5. The summed E-state index contributed by atoms with van der Waals surface area (Å²) in [5.74, 6) is -0.998. The summed E-state index contributed by atoms with van der Waals surface area (Å²) in [7, 11) is 0. The molecule has 0 spiro atoms. The maximum atomic E-state index is 13.0. The van der Waals surface area contributed by atoms with E-state index in [1.807, 2.05) is 17.0 Å². The van der Waals surface area contributed by atoms with Crippen molar-refractivity contribution in [2.75, 3.05) is 26.2 Å². The van der Waals surface area contributed by atoms with Crippen molar-refractivity contribution in [3.63, 3.8) is 0 Å². The number of amides is 3. The number of rotatable bonds is 11. The highest BCUT2D eigenvalue weighted by Crippen LogP contribution is 2.34. The van der Waals surface area contributed by atoms with E-state index in [4.69, 9.17) is 15.6 Å². The van der Waals surface area contributed by atoms with Crippen molar-refractivity contribution < 1.29 is 29.0 Å². The Kier molecular flexibility index (Phi) is 8.07. The van der Waals surface area contributed by atoms with Crippen LogP contribution >= 0.6 is 0 Å². The number of carboxylic acids is 1. The quantitative estimate of drug-likeness (QED) is 0.441. The topological polar surface area (TPSA) is 133 Å². The number of carbonyl (C=O) groups excluding carboxylic acids is 3. The molecule has 1 saturated heterocycles. The Bertz CT molecular complexity index is 1280. The van der Waals surface area contributed by atoms with E-state index in [9.17, 15) is 19.2 Å². The molecule has 10 heteroatoms. The minimum Gasteiger partial charge on any atom is -0.489 e. The minimum absolute atomic E-state index is 0.0420. The predicted molar refractivity (Wildman–Crippen MR) is 146 cm³/mol. The van der Waals surface area contributed by atoms with Gasteiger partial charge in [-0.2, -0.15) is 0 Å². The number of primary amides is 1. The number of carboxylic acid groups (broad SMARTS) is 1. The van der Waals surface area contributed by atoms with Crippen LogP contribution in [0.2, 0.25) is 0 Å². The lowest BCUT2D eigenvalue weighted by molar-refractivity contribution is -0.137. The van der Waals surface area contributed by atoms with Crippen molar-refractivity contribution in [2.45, 2.75) is 57.8 Å². The van der Waals surface area contributed by atoms with Crippen molar-refractivity contribution in [2.24, 2.45) is 11.7 Å². The number of piperazine rings is 1. The van der Waals surface area contributed by atoms with Gasteiger partial charge in [-0.1, -0.05) is 30.3 Å². The third-order valence-electron chi connectivity index (χ3n) is 8.25. The summed E-state index contributed by atoms with van der Waals surface area (Å²) in [6.07, 6.45) is 1.78. The van der Waals surface area contributed by atoms with E-state index < -0.39 is 17.9 Å². The fourth-order valence-corrected chi connectivity index (χ4v) is 5.61. The summed E-state index contributed by atoms with van der Waals surface area (Å²) >= 11 is 0. The molecule has 10 nitrogen and oxygen atoms in total. The summed E-state index contributed by atoms with van der Waals surface area (Å²) < 4.78 is 6.11. The number of nitrogens with two attached hydrogens (primary N) is 1. The smallest absolute Gasteiger partial charge is 0.303 e. The first-order chi connectivity index (χ1) is 19.2. The van der Waals surface area contributed by atoms with Crippen LogP contribution in [0.3, 0.4) is 0 Å². The fraction of sp³-hybridized carbons (Fsp3) is 0.467. The number of hydrogen-bond acceptors (Lipinski definition) is 6. The van der Waals surface area contributed by atoms with Crippen LogP contribution in [0, 0.1) is 5.92 Å². The lowest BCUT2D eigenvalue weighted by Gasteiger charge is -2.38. The van der Waals surface area contributed by atoms with E-state index in [2.05, 4.69) is 24.0 Å². The molecule has 2 heterocycles. The van der Waals surface area contributed by atoms with Gasteiger partial charge in [0.05, 0.1) is 6.54 Å². The molecule has 3 aliphatic rings. The van der Waals surface area contributed by atoms with E-state index in [-0.39, 0.29) is 37.3 Å². The van der Waals surface area contributed by atoms with Crippen molar-refractivity contribution >= 4 is 23.7 Å². The molecule has 212 valence electrons. The molecule has 1 aliphatic carbocycles. The molecule has 2 aromatic rings. The summed E-state index contributed by atoms with van der Waals surface area (Å²) in [5.41, 5.74) is 8.79. The zero-order valence-electron chi connectivity index (χ0n) is 22.8. The molecule has 5 rings (SSSR count). The Morgan fingerprint density at radius 2 is 1.75 bits per heavy atom. The van der Waals surface area contributed by atoms with Crippen LogP contribution in [0.1, 0.15) is 65.7 Å². The van der Waals surface area contributed by atoms with E-state index in [0.29, 0.717) is 29.4 Å². The first-order valence-electron chi connectivity index (χ1n) is 13.9. The van der Waals surface area contributed by atoms with Crippen LogP contribution < -0.4 is 10.5 Å². The summed E-state index contributed by atoms with van der Waals surface area (Å²) in [4.78, 5) is 54.2. The van der Waals surface area contributed by atoms with Gasteiger partial charge in [0.1, 0.15) is 18.4 Å². The molecule has 3 amide bonds. The average molecular weight is 549 g/mol. The Hall–Kier alpha value is -3.92. The zero-order valence-corrected chi connectivity index (χ0v) is 22.8. The lowest BCUT2D eigenvalue weighted by atomic mass is 10.0. The van der Waals surface area contributed by atoms with E-state index in [0.717, 1.165) is 44.6 Å². The van der Waals surface area contributed by atoms with Crippen LogP contribution in [0.25, 0.3) is 0 Å². The van der Waals surface area contributed by atoms with Crippen molar-refractivity contribution in [1.29, 1.82) is 0 Å². The Balaban J connectivity index is 1.18. The second-order valence-electron chi connectivity index (χ2n) is 10.9. The van der Waals surface area contributed by atoms with Crippen molar-refractivity contribution in [1.82, 2.24) is 14.7 Å². The van der Waals surface area contributed by atoms with Gasteiger partial charge in [-0.15, -0.1) is 0 Å². The largest absolute Gasteiger partial charge is 0.489 e. The molecular weight excluding hydrogens is 512 g/mol. The number of hydrogen-bond donors (Lipinski definition) is 2. The maximum absolute atomic E-state index is 13.0. The number of carbonyl (C=O) groups is 4. The fourth-order valence-electron chi connectivity index (χ4n) is 5.61. The second-order valence-corrected chi connectivity index (χ2v) is 10.9. The van der Waals surface area contributed by atoms with Crippen LogP contribution in [0.5, 0.6) is 5.75 Å². The lowest BCUT2D eigenvalue weighted by Crippen LogP contribution is -2.49. The van der Waals surface area contributed by atoms with Crippen molar-refractivity contribution in [3.8, 4) is 5.75 Å². The molecule has 2 atom stereocenters. The molecule has 2 fully saturated rings. The summed E-state index contributed by atoms with van der Waals surface area (Å²) in [6, 6.07) is 12.7. The molecule has 2 unspecified atom stereocenters. The van der Waals surface area contributed by atoms with Gasteiger partial charge in [-0.05, 0) is 49.4 Å². The number of aliphatic carboxylic acids is 1. The van der Waals surface area contributed by atoms with Gasteiger partial charge in [0, 0.05) is 55.7 Å². The second kappa shape index (κ2) is 11.7. The number of ether oxygens (including phenoxy) is 1. The standard InChI is InChI=1S/C30H36N4O6/c1-19(32-13-15-33(16-14-32)29(38)22-9-10-22)21-7-5-20(6-8-21)18-40-26-4-2-3-23-24(26)17-34(30(23)39)25(28(31)37)11-12-27(35)36/h2-8,19,22,25H,9-18H2,1H3,(H2,31,37)(H,35,36). The highest BCUT2D eigenvalue weighted by molar-refractivity contribution is 6.01. The number of benzene rings is 2. The molecular formula is C30H36N4O6. The van der Waals surface area contributed by atoms with Gasteiger partial charge in [-0.25, -0.2) is 0 Å². The van der Waals surface area contributed by atoms with Crippen LogP contribution in [-0.2, 0) is 27.5 Å². The molecule has 3 N–H and O–H groups in total. The predicted octanol–water partition coefficient (Wildman–Crippen LogP) is 2.56. The van der Waals surface area contributed by atoms with Crippen LogP contribution in [-0.4, -0.2) is 75.7 Å². The third-order valence-corrected chi connectivity index (χ3v) is 8.25. The van der Waals surface area contributed by atoms with Crippen molar-refractivity contribution in [3.05, 3.63) is 64.7 Å². The molecule has 1 saturated carbocycles. The van der Waals surface area contributed by atoms with E-state index in [1.54, 1.807) is 18.2 Å². The molecule has 40 heavy (non-hydrogen) atoms. The third kappa shape index (κ3) is 5.96. The van der Waals surface area contributed by atoms with Gasteiger partial charge in [0.25, 0.3) is 5.91 Å². The highest BCUT2D eigenvalue weighted by Gasteiger charge is 2.37.